The van der Waals surface area contributed by atoms with Gasteiger partial charge in [0.1, 0.15) is 27.6 Å². The van der Waals surface area contributed by atoms with E-state index in [1.165, 1.54) is 12.1 Å². The molecular weight excluding hydrogens is 787 g/mol. The number of methoxy groups -OCH3 is 1. The summed E-state index contributed by atoms with van der Waals surface area (Å²) < 4.78 is 41.6. The Hall–Kier alpha value is -3.43. The fraction of sp³-hybridized carbons (Fsp3) is 0.462. The summed E-state index contributed by atoms with van der Waals surface area (Å²) in [7, 11) is -2.59. The van der Waals surface area contributed by atoms with Gasteiger partial charge in [-0.05, 0) is 83.0 Å². The van der Waals surface area contributed by atoms with Crippen molar-refractivity contribution in [1.82, 2.24) is 24.7 Å². The van der Waals surface area contributed by atoms with E-state index in [9.17, 15) is 13.2 Å². The highest BCUT2D eigenvalue weighted by Gasteiger charge is 2.60. The van der Waals surface area contributed by atoms with Gasteiger partial charge in [0.25, 0.3) is 0 Å². The smallest absolute Gasteiger partial charge is 0.326 e. The maximum Gasteiger partial charge on any atom is 0.326 e. The molecule has 2 atom stereocenters. The number of carbonyl (C=O) groups is 2. The lowest BCUT2D eigenvalue weighted by Crippen LogP contribution is -2.61. The molecule has 55 heavy (non-hydrogen) atoms. The minimum atomic E-state index is -4.17. The molecule has 16 heteroatoms. The predicted molar refractivity (Wildman–Crippen MR) is 217 cm³/mol. The molecule has 0 aromatic heterocycles. The molecule has 2 N–H and O–H groups in total. The molecule has 298 valence electrons. The van der Waals surface area contributed by atoms with Gasteiger partial charge in [-0.2, -0.15) is 0 Å². The van der Waals surface area contributed by atoms with E-state index in [0.717, 1.165) is 11.1 Å². The first-order valence-corrected chi connectivity index (χ1v) is 20.7. The van der Waals surface area contributed by atoms with Crippen molar-refractivity contribution in [1.29, 1.82) is 0 Å². The van der Waals surface area contributed by atoms with E-state index in [1.807, 2.05) is 43.0 Å². The fourth-order valence-corrected chi connectivity index (χ4v) is 9.22. The maximum absolute atomic E-state index is 15.3. The fourth-order valence-electron chi connectivity index (χ4n) is 7.01. The normalized spacial score (nSPS) is 20.7. The first kappa shape index (κ1) is 42.7. The second-order valence-corrected chi connectivity index (χ2v) is 17.8. The third-order valence-corrected chi connectivity index (χ3v) is 12.6. The van der Waals surface area contributed by atoms with E-state index < -0.39 is 26.6 Å². The molecule has 3 amide bonds. The second kappa shape index (κ2) is 17.0. The van der Waals surface area contributed by atoms with Gasteiger partial charge >= 0.3 is 6.03 Å². The van der Waals surface area contributed by atoms with Crippen LogP contribution in [0.5, 0.6) is 5.75 Å². The SMILES string of the molecule is CCOc1cc(Cl)c(S(=O)(=O)NC(C)(C)C)cc1C1=NC(C)(c2ccc(Cl)cc2)C(C)(c2ccc(Cl)cc2)N1C(=O)N1CCN(CC(=O)NCCOC)CC1. The van der Waals surface area contributed by atoms with Crippen LogP contribution in [0.15, 0.2) is 70.6 Å². The Bertz CT molecular complexity index is 2020. The minimum absolute atomic E-state index is 0.0521. The number of sulfonamides is 1. The van der Waals surface area contributed by atoms with Crippen LogP contribution in [0, 0.1) is 0 Å². The van der Waals surface area contributed by atoms with Gasteiger partial charge in [0, 0.05) is 61.5 Å². The minimum Gasteiger partial charge on any atom is -0.493 e. The summed E-state index contributed by atoms with van der Waals surface area (Å²) in [5.74, 6) is 0.312. The van der Waals surface area contributed by atoms with Crippen molar-refractivity contribution in [2.75, 3.05) is 59.6 Å². The van der Waals surface area contributed by atoms with Crippen LogP contribution in [0.4, 0.5) is 4.79 Å². The molecule has 5 rings (SSSR count). The Labute approximate surface area is 339 Å². The number of amides is 3. The molecule has 0 aliphatic carbocycles. The quantitative estimate of drug-likeness (QED) is 0.199. The first-order valence-electron chi connectivity index (χ1n) is 18.0. The largest absolute Gasteiger partial charge is 0.493 e. The van der Waals surface area contributed by atoms with Crippen molar-refractivity contribution in [2.24, 2.45) is 4.99 Å². The molecule has 2 aliphatic heterocycles. The van der Waals surface area contributed by atoms with Crippen molar-refractivity contribution in [3.63, 3.8) is 0 Å². The van der Waals surface area contributed by atoms with Gasteiger partial charge in [0.2, 0.25) is 15.9 Å². The van der Waals surface area contributed by atoms with E-state index in [2.05, 4.69) is 10.0 Å². The maximum atomic E-state index is 15.3. The zero-order valence-electron chi connectivity index (χ0n) is 32.2. The van der Waals surface area contributed by atoms with Crippen molar-refractivity contribution < 1.29 is 27.5 Å². The number of hydrogen-bond acceptors (Lipinski definition) is 8. The molecule has 3 aromatic carbocycles. The zero-order valence-corrected chi connectivity index (χ0v) is 35.3. The van der Waals surface area contributed by atoms with Crippen LogP contribution in [-0.2, 0) is 30.6 Å². The number of halogens is 3. The molecule has 1 saturated heterocycles. The third kappa shape index (κ3) is 9.09. The summed E-state index contributed by atoms with van der Waals surface area (Å²) >= 11 is 19.5. The Kier molecular flexibility index (Phi) is 13.2. The molecule has 2 aliphatic rings. The highest BCUT2D eigenvalue weighted by atomic mass is 35.5. The lowest BCUT2D eigenvalue weighted by atomic mass is 9.71. The number of amidine groups is 1. The Morgan fingerprint density at radius 2 is 1.49 bits per heavy atom. The van der Waals surface area contributed by atoms with Gasteiger partial charge in [-0.3, -0.25) is 19.6 Å². The molecule has 0 spiro atoms. The molecule has 0 radical (unpaired) electrons. The van der Waals surface area contributed by atoms with Crippen LogP contribution in [0.3, 0.4) is 0 Å². The number of nitrogens with one attached hydrogen (secondary N) is 2. The van der Waals surface area contributed by atoms with Crippen LogP contribution in [-0.4, -0.2) is 106 Å². The summed E-state index contributed by atoms with van der Waals surface area (Å²) in [5.41, 5.74) is -1.49. The lowest BCUT2D eigenvalue weighted by Gasteiger charge is -2.47. The van der Waals surface area contributed by atoms with Gasteiger partial charge in [-0.15, -0.1) is 0 Å². The highest BCUT2D eigenvalue weighted by molar-refractivity contribution is 7.89. The van der Waals surface area contributed by atoms with Crippen LogP contribution < -0.4 is 14.8 Å². The number of piperazine rings is 1. The predicted octanol–water partition coefficient (Wildman–Crippen LogP) is 6.52. The third-order valence-electron chi connectivity index (χ3n) is 9.88. The van der Waals surface area contributed by atoms with Crippen LogP contribution in [0.25, 0.3) is 0 Å². The van der Waals surface area contributed by atoms with E-state index in [0.29, 0.717) is 49.4 Å². The summed E-state index contributed by atoms with van der Waals surface area (Å²) in [4.78, 5) is 38.5. The lowest BCUT2D eigenvalue weighted by molar-refractivity contribution is -0.122. The Morgan fingerprint density at radius 3 is 2.04 bits per heavy atom. The van der Waals surface area contributed by atoms with Crippen LogP contribution in [0.1, 0.15) is 58.2 Å². The van der Waals surface area contributed by atoms with E-state index >= 15 is 4.79 Å². The van der Waals surface area contributed by atoms with E-state index in [4.69, 9.17) is 49.3 Å². The van der Waals surface area contributed by atoms with Crippen molar-refractivity contribution >= 4 is 62.6 Å². The van der Waals surface area contributed by atoms with Gasteiger partial charge in [-0.25, -0.2) is 17.9 Å². The summed E-state index contributed by atoms with van der Waals surface area (Å²) in [6.07, 6.45) is 0. The van der Waals surface area contributed by atoms with Crippen LogP contribution >= 0.6 is 34.8 Å². The average molecular weight is 836 g/mol. The number of carbonyl (C=O) groups excluding carboxylic acids is 2. The summed E-state index contributed by atoms with van der Waals surface area (Å²) in [6.45, 7) is 13.6. The number of nitrogens with zero attached hydrogens (tertiary/aromatic N) is 4. The average Bonchev–Trinajstić information content (AvgIpc) is 3.35. The number of aliphatic imine (C=N–C) groups is 1. The topological polar surface area (TPSA) is 133 Å². The highest BCUT2D eigenvalue weighted by Crippen LogP contribution is 2.54. The standard InChI is InChI=1S/C39H49Cl3N6O6S/c1-8-54-32-24-31(42)33(55(51,52)45-37(2,3)4)23-30(32)35-44-38(5,26-9-13-28(40)14-10-26)39(6,27-11-15-29(41)16-12-27)48(35)36(50)47-20-18-46(19-21-47)25-34(49)43-17-22-53-7/h9-16,23-24,45H,8,17-22,25H2,1-7H3,(H,43,49). The van der Waals surface area contributed by atoms with Gasteiger partial charge in [0.15, 0.2) is 0 Å². The molecular formula is C39H49Cl3N6O6S. The van der Waals surface area contributed by atoms with Gasteiger partial charge in [0.05, 0.1) is 30.3 Å². The molecule has 1 fully saturated rings. The number of rotatable bonds is 12. The molecule has 12 nitrogen and oxygen atoms in total. The molecule has 0 bridgehead atoms. The van der Waals surface area contributed by atoms with Gasteiger partial charge < -0.3 is 19.7 Å². The second-order valence-electron chi connectivity index (χ2n) is 14.9. The number of benzene rings is 3. The molecule has 2 unspecified atom stereocenters. The summed E-state index contributed by atoms with van der Waals surface area (Å²) in [6, 6.07) is 17.1. The molecule has 0 saturated carbocycles. The van der Waals surface area contributed by atoms with Gasteiger partial charge in [-0.1, -0.05) is 59.1 Å². The number of hydrogen-bond donors (Lipinski definition) is 2. The van der Waals surface area contributed by atoms with Crippen molar-refractivity contribution in [3.8, 4) is 5.75 Å². The number of ether oxygens (including phenoxy) is 2. The van der Waals surface area contributed by atoms with Crippen molar-refractivity contribution in [2.45, 2.75) is 63.1 Å². The van der Waals surface area contributed by atoms with Crippen molar-refractivity contribution in [3.05, 3.63) is 92.4 Å². The Morgan fingerprint density at radius 1 is 0.909 bits per heavy atom. The monoisotopic (exact) mass is 834 g/mol. The van der Waals surface area contributed by atoms with E-state index in [1.54, 1.807) is 68.9 Å². The van der Waals surface area contributed by atoms with E-state index in [-0.39, 0.29) is 52.2 Å². The summed E-state index contributed by atoms with van der Waals surface area (Å²) in [5, 5.41) is 3.83. The Balaban J connectivity index is 1.70. The molecule has 2 heterocycles. The number of urea groups is 1. The first-order chi connectivity index (χ1) is 25.8. The van der Waals surface area contributed by atoms with Crippen LogP contribution in [0.2, 0.25) is 15.1 Å². The molecule has 3 aromatic rings. The zero-order chi connectivity index (χ0) is 40.3.